The molecule has 2 aromatic carbocycles. The Kier molecular flexibility index (Phi) is 4.52. The van der Waals surface area contributed by atoms with Gasteiger partial charge < -0.3 is 15.3 Å². The van der Waals surface area contributed by atoms with E-state index in [1.54, 1.807) is 12.1 Å². The molecule has 2 fully saturated rings. The number of carbonyl (C=O) groups excluding carboxylic acids is 1. The van der Waals surface area contributed by atoms with E-state index in [1.165, 1.54) is 25.0 Å². The molecule has 5 rings (SSSR count). The van der Waals surface area contributed by atoms with E-state index in [4.69, 9.17) is 0 Å². The number of anilines is 1. The summed E-state index contributed by atoms with van der Waals surface area (Å²) in [6.45, 7) is 0.589. The number of rotatable bonds is 2. The summed E-state index contributed by atoms with van der Waals surface area (Å²) in [5.41, 5.74) is 3.27. The molecule has 2 N–H and O–H groups in total. The van der Waals surface area contributed by atoms with Crippen LogP contribution in [0.2, 0.25) is 0 Å². The van der Waals surface area contributed by atoms with Gasteiger partial charge in [-0.05, 0) is 61.2 Å². The van der Waals surface area contributed by atoms with Gasteiger partial charge in [0.05, 0.1) is 18.7 Å². The first-order chi connectivity index (χ1) is 14.1. The molecule has 2 aliphatic heterocycles. The van der Waals surface area contributed by atoms with Crippen molar-refractivity contribution in [1.82, 2.24) is 4.90 Å². The third-order valence-corrected chi connectivity index (χ3v) is 6.20. The molecule has 0 radical (unpaired) electrons. The molecule has 1 aliphatic carbocycles. The van der Waals surface area contributed by atoms with Gasteiger partial charge in [0.25, 0.3) is 5.91 Å². The molecule has 0 bridgehead atoms. The molecule has 0 spiro atoms. The molecule has 3 atom stereocenters. The lowest BCUT2D eigenvalue weighted by atomic mass is 9.82. The van der Waals surface area contributed by atoms with Crippen molar-refractivity contribution in [2.45, 2.75) is 31.3 Å². The standard InChI is InChI=1S/C24H23FN2O2/c25-18-3-1-2-17(13-18)24(29)27-11-10-19-22(14-28)26-21-9-8-16(7-6-15-4-5-15)12-20(21)23(19)27/h1-3,8-9,12-13,15,19,22-23,26,28H,4-5,10-11,14H2/t19-,22+,23-/m1/s1. The van der Waals surface area contributed by atoms with E-state index < -0.39 is 5.82 Å². The van der Waals surface area contributed by atoms with Crippen molar-refractivity contribution in [2.24, 2.45) is 11.8 Å². The lowest BCUT2D eigenvalue weighted by Crippen LogP contribution is -2.42. The van der Waals surface area contributed by atoms with E-state index in [0.29, 0.717) is 18.0 Å². The minimum atomic E-state index is -0.414. The fourth-order valence-corrected chi connectivity index (χ4v) is 4.57. The molecule has 0 unspecified atom stereocenters. The third-order valence-electron chi connectivity index (χ3n) is 6.20. The maximum atomic E-state index is 13.7. The predicted octanol–water partition coefficient (Wildman–Crippen LogP) is 3.58. The first kappa shape index (κ1) is 18.2. The zero-order valence-corrected chi connectivity index (χ0v) is 16.1. The summed E-state index contributed by atoms with van der Waals surface area (Å²) in [7, 11) is 0. The maximum absolute atomic E-state index is 13.7. The van der Waals surface area contributed by atoms with Gasteiger partial charge in [0.15, 0.2) is 0 Å². The van der Waals surface area contributed by atoms with Crippen LogP contribution in [-0.4, -0.2) is 35.1 Å². The van der Waals surface area contributed by atoms with Crippen LogP contribution >= 0.6 is 0 Å². The number of aliphatic hydroxyl groups excluding tert-OH is 1. The summed E-state index contributed by atoms with van der Waals surface area (Å²) in [4.78, 5) is 15.0. The second-order valence-electron chi connectivity index (χ2n) is 8.19. The monoisotopic (exact) mass is 390 g/mol. The van der Waals surface area contributed by atoms with Crippen molar-refractivity contribution < 1.29 is 14.3 Å². The highest BCUT2D eigenvalue weighted by Crippen LogP contribution is 2.47. The number of amides is 1. The average Bonchev–Trinajstić information content (AvgIpc) is 3.47. The Labute approximate surface area is 169 Å². The number of hydrogen-bond donors (Lipinski definition) is 2. The van der Waals surface area contributed by atoms with Crippen molar-refractivity contribution in [3.8, 4) is 11.8 Å². The quantitative estimate of drug-likeness (QED) is 0.771. The summed E-state index contributed by atoms with van der Waals surface area (Å²) in [6.07, 6.45) is 3.15. The molecular weight excluding hydrogens is 367 g/mol. The number of nitrogens with one attached hydrogen (secondary N) is 1. The first-order valence-electron chi connectivity index (χ1n) is 10.2. The number of likely N-dealkylation sites (tertiary alicyclic amines) is 1. The maximum Gasteiger partial charge on any atom is 0.254 e. The van der Waals surface area contributed by atoms with E-state index in [1.807, 2.05) is 17.0 Å². The highest BCUT2D eigenvalue weighted by molar-refractivity contribution is 5.95. The van der Waals surface area contributed by atoms with Gasteiger partial charge in [-0.2, -0.15) is 0 Å². The van der Waals surface area contributed by atoms with Gasteiger partial charge in [-0.1, -0.05) is 17.9 Å². The Morgan fingerprint density at radius 1 is 1.21 bits per heavy atom. The van der Waals surface area contributed by atoms with Gasteiger partial charge in [0, 0.05) is 35.2 Å². The highest BCUT2D eigenvalue weighted by atomic mass is 19.1. The summed E-state index contributed by atoms with van der Waals surface area (Å²) in [5.74, 6) is 6.60. The second kappa shape index (κ2) is 7.20. The molecule has 1 amide bonds. The van der Waals surface area contributed by atoms with Crippen LogP contribution in [0.25, 0.3) is 0 Å². The first-order valence-corrected chi connectivity index (χ1v) is 10.2. The van der Waals surface area contributed by atoms with Crippen molar-refractivity contribution >= 4 is 11.6 Å². The van der Waals surface area contributed by atoms with Crippen LogP contribution in [0.15, 0.2) is 42.5 Å². The van der Waals surface area contributed by atoms with Gasteiger partial charge >= 0.3 is 0 Å². The smallest absolute Gasteiger partial charge is 0.254 e. The van der Waals surface area contributed by atoms with Crippen molar-refractivity contribution in [2.75, 3.05) is 18.5 Å². The van der Waals surface area contributed by atoms with E-state index in [9.17, 15) is 14.3 Å². The Balaban J connectivity index is 1.53. The zero-order chi connectivity index (χ0) is 20.0. The molecule has 3 aliphatic rings. The largest absolute Gasteiger partial charge is 0.394 e. The Hall–Kier alpha value is -2.84. The number of aliphatic hydroxyl groups is 1. The Bertz CT molecular complexity index is 1020. The normalized spacial score (nSPS) is 24.8. The number of hydrogen-bond acceptors (Lipinski definition) is 3. The van der Waals surface area contributed by atoms with E-state index in [-0.39, 0.29) is 30.5 Å². The van der Waals surface area contributed by atoms with Gasteiger partial charge in [-0.3, -0.25) is 4.79 Å². The van der Waals surface area contributed by atoms with Gasteiger partial charge in [0.1, 0.15) is 5.82 Å². The van der Waals surface area contributed by atoms with Crippen LogP contribution < -0.4 is 5.32 Å². The minimum Gasteiger partial charge on any atom is -0.394 e. The molecule has 2 heterocycles. The topological polar surface area (TPSA) is 52.6 Å². The fourth-order valence-electron chi connectivity index (χ4n) is 4.57. The Morgan fingerprint density at radius 3 is 2.83 bits per heavy atom. The number of benzene rings is 2. The minimum absolute atomic E-state index is 0.00579. The summed E-state index contributed by atoms with van der Waals surface area (Å²) >= 11 is 0. The van der Waals surface area contributed by atoms with Crippen LogP contribution in [0.3, 0.4) is 0 Å². The highest BCUT2D eigenvalue weighted by Gasteiger charge is 2.45. The summed E-state index contributed by atoms with van der Waals surface area (Å²) in [5, 5.41) is 13.3. The number of halogens is 1. The lowest BCUT2D eigenvalue weighted by Gasteiger charge is -2.39. The van der Waals surface area contributed by atoms with Crippen LogP contribution in [0.4, 0.5) is 10.1 Å². The van der Waals surface area contributed by atoms with E-state index in [0.717, 1.165) is 23.2 Å². The SMILES string of the molecule is O=C(c1cccc(F)c1)N1CC[C@@H]2[C@H](CO)Nc3ccc(C#CC4CC4)cc3[C@@H]21. The lowest BCUT2D eigenvalue weighted by molar-refractivity contribution is 0.0700. The van der Waals surface area contributed by atoms with Gasteiger partial charge in [-0.25, -0.2) is 4.39 Å². The van der Waals surface area contributed by atoms with E-state index in [2.05, 4.69) is 23.2 Å². The molecule has 148 valence electrons. The van der Waals surface area contributed by atoms with Crippen LogP contribution in [-0.2, 0) is 0 Å². The molecule has 0 aromatic heterocycles. The van der Waals surface area contributed by atoms with Crippen molar-refractivity contribution in [1.29, 1.82) is 0 Å². The predicted molar refractivity (Wildman–Crippen MR) is 109 cm³/mol. The molecular formula is C24H23FN2O2. The zero-order valence-electron chi connectivity index (χ0n) is 16.1. The van der Waals surface area contributed by atoms with Crippen LogP contribution in [0.5, 0.6) is 0 Å². The van der Waals surface area contributed by atoms with Gasteiger partial charge in [-0.15, -0.1) is 0 Å². The Morgan fingerprint density at radius 2 is 2.07 bits per heavy atom. The van der Waals surface area contributed by atoms with Crippen LogP contribution in [0, 0.1) is 29.5 Å². The molecule has 29 heavy (non-hydrogen) atoms. The van der Waals surface area contributed by atoms with Crippen molar-refractivity contribution in [3.63, 3.8) is 0 Å². The van der Waals surface area contributed by atoms with Crippen LogP contribution in [0.1, 0.15) is 46.8 Å². The van der Waals surface area contributed by atoms with E-state index >= 15 is 0 Å². The fraction of sp³-hybridized carbons (Fsp3) is 0.375. The second-order valence-corrected chi connectivity index (χ2v) is 8.19. The van der Waals surface area contributed by atoms with Gasteiger partial charge in [0.2, 0.25) is 0 Å². The van der Waals surface area contributed by atoms with Crippen molar-refractivity contribution in [3.05, 3.63) is 65.0 Å². The average molecular weight is 390 g/mol. The summed E-state index contributed by atoms with van der Waals surface area (Å²) in [6, 6.07) is 11.6. The molecule has 1 saturated carbocycles. The summed E-state index contributed by atoms with van der Waals surface area (Å²) < 4.78 is 13.7. The number of fused-ring (bicyclic) bond motifs is 3. The molecule has 2 aromatic rings. The third kappa shape index (κ3) is 3.38. The number of nitrogens with zero attached hydrogens (tertiary/aromatic N) is 1. The molecule has 5 heteroatoms. The molecule has 4 nitrogen and oxygen atoms in total. The molecule has 1 saturated heterocycles. The number of carbonyl (C=O) groups is 1.